The molecule has 1 saturated heterocycles. The number of nitrogens with one attached hydrogen (secondary N) is 1. The Balaban J connectivity index is 1.67. The second-order valence-corrected chi connectivity index (χ2v) is 10.0. The van der Waals surface area contributed by atoms with E-state index in [1.165, 1.54) is 0 Å². The Labute approximate surface area is 192 Å². The van der Waals surface area contributed by atoms with Crippen molar-refractivity contribution in [2.24, 2.45) is 5.41 Å². The zero-order valence-corrected chi connectivity index (χ0v) is 19.9. The minimum absolute atomic E-state index is 0.0959. The lowest BCUT2D eigenvalue weighted by Gasteiger charge is -2.37. The first-order chi connectivity index (χ1) is 15.1. The molecule has 32 heavy (non-hydrogen) atoms. The van der Waals surface area contributed by atoms with E-state index in [1.54, 1.807) is 4.90 Å². The van der Waals surface area contributed by atoms with Crippen LogP contribution in [-0.4, -0.2) is 54.4 Å². The fraction of sp³-hybridized carbons (Fsp3) is 0.500. The van der Waals surface area contributed by atoms with Crippen LogP contribution < -0.4 is 10.2 Å². The number of aliphatic hydroxyl groups is 1. The van der Waals surface area contributed by atoms with Gasteiger partial charge in [0, 0.05) is 31.0 Å². The molecule has 1 heterocycles. The highest BCUT2D eigenvalue weighted by molar-refractivity contribution is 5.89. The van der Waals surface area contributed by atoms with E-state index in [0.717, 1.165) is 30.0 Å². The zero-order valence-electron chi connectivity index (χ0n) is 19.9. The Morgan fingerprint density at radius 3 is 2.25 bits per heavy atom. The van der Waals surface area contributed by atoms with Crippen LogP contribution in [0.25, 0.3) is 0 Å². The third kappa shape index (κ3) is 6.97. The number of anilines is 2. The first-order valence-corrected chi connectivity index (χ1v) is 11.4. The van der Waals surface area contributed by atoms with Crippen LogP contribution in [0.2, 0.25) is 0 Å². The largest absolute Gasteiger partial charge is 0.387 e. The number of carbonyl (C=O) groups is 1. The number of ether oxygens (including phenoxy) is 1. The van der Waals surface area contributed by atoms with Gasteiger partial charge in [-0.1, -0.05) is 51.1 Å². The van der Waals surface area contributed by atoms with E-state index in [0.29, 0.717) is 6.54 Å². The summed E-state index contributed by atoms with van der Waals surface area (Å²) >= 11 is 0. The maximum absolute atomic E-state index is 13.1. The van der Waals surface area contributed by atoms with Gasteiger partial charge in [-0.2, -0.15) is 0 Å². The minimum atomic E-state index is -0.739. The first kappa shape index (κ1) is 24.1. The van der Waals surface area contributed by atoms with Gasteiger partial charge in [-0.25, -0.2) is 4.79 Å². The topological polar surface area (TPSA) is 65.0 Å². The molecule has 0 radical (unpaired) electrons. The molecule has 1 aliphatic heterocycles. The van der Waals surface area contributed by atoms with Crippen molar-refractivity contribution < 1.29 is 14.6 Å². The van der Waals surface area contributed by atoms with E-state index in [1.807, 2.05) is 54.6 Å². The zero-order chi connectivity index (χ0) is 23.3. The van der Waals surface area contributed by atoms with E-state index in [9.17, 15) is 9.90 Å². The maximum atomic E-state index is 13.1. The van der Waals surface area contributed by atoms with Crippen LogP contribution in [0, 0.1) is 5.41 Å². The molecular weight excluding hydrogens is 402 g/mol. The molecule has 6 heteroatoms. The molecular formula is C26H37N3O3. The summed E-state index contributed by atoms with van der Waals surface area (Å²) in [4.78, 5) is 17.1. The third-order valence-electron chi connectivity index (χ3n) is 5.43. The lowest BCUT2D eigenvalue weighted by Crippen LogP contribution is -2.45. The summed E-state index contributed by atoms with van der Waals surface area (Å²) in [5, 5.41) is 13.7. The second-order valence-electron chi connectivity index (χ2n) is 10.0. The quantitative estimate of drug-likeness (QED) is 0.671. The molecule has 2 aromatic rings. The Kier molecular flexibility index (Phi) is 7.80. The van der Waals surface area contributed by atoms with Crippen LogP contribution in [0.4, 0.5) is 16.2 Å². The molecule has 2 N–H and O–H groups in total. The molecule has 174 valence electrons. The smallest absolute Gasteiger partial charge is 0.321 e. The number of rotatable bonds is 6. The average molecular weight is 440 g/mol. The highest BCUT2D eigenvalue weighted by atomic mass is 16.5. The van der Waals surface area contributed by atoms with Crippen molar-refractivity contribution in [3.05, 3.63) is 60.2 Å². The van der Waals surface area contributed by atoms with Gasteiger partial charge in [-0.3, -0.25) is 0 Å². The van der Waals surface area contributed by atoms with E-state index in [-0.39, 0.29) is 30.2 Å². The summed E-state index contributed by atoms with van der Waals surface area (Å²) in [5.41, 5.74) is 2.57. The molecule has 6 nitrogen and oxygen atoms in total. The molecule has 1 fully saturated rings. The molecule has 0 aromatic heterocycles. The van der Waals surface area contributed by atoms with Crippen LogP contribution in [0.15, 0.2) is 54.6 Å². The average Bonchev–Trinajstić information content (AvgIpc) is 2.72. The standard InChI is InChI=1S/C26H37N3O3/c1-19-15-28(16-20(2)32-19)23-13-11-22(12-14-23)27-25(31)29(18-26(3,4)5)17-24(30)21-9-7-6-8-10-21/h6-14,19-20,24,30H,15-18H2,1-5H3,(H,27,31). The third-order valence-corrected chi connectivity index (χ3v) is 5.43. The Hall–Kier alpha value is -2.57. The predicted molar refractivity (Wildman–Crippen MR) is 130 cm³/mol. The Bertz CT molecular complexity index is 854. The van der Waals surface area contributed by atoms with Crippen molar-refractivity contribution in [2.75, 3.05) is 36.4 Å². The molecule has 1 aliphatic rings. The summed E-state index contributed by atoms with van der Waals surface area (Å²) in [5.74, 6) is 0. The molecule has 2 amide bonds. The number of hydrogen-bond donors (Lipinski definition) is 2. The molecule has 0 bridgehead atoms. The van der Waals surface area contributed by atoms with Crippen LogP contribution in [0.3, 0.4) is 0 Å². The maximum Gasteiger partial charge on any atom is 0.321 e. The predicted octanol–water partition coefficient (Wildman–Crippen LogP) is 4.91. The van der Waals surface area contributed by atoms with E-state index in [2.05, 4.69) is 44.8 Å². The molecule has 0 spiro atoms. The molecule has 3 rings (SSSR count). The normalized spacial score (nSPS) is 20.0. The van der Waals surface area contributed by atoms with E-state index >= 15 is 0 Å². The van der Waals surface area contributed by atoms with Gasteiger partial charge in [-0.15, -0.1) is 0 Å². The van der Waals surface area contributed by atoms with Crippen molar-refractivity contribution in [3.8, 4) is 0 Å². The van der Waals surface area contributed by atoms with Crippen LogP contribution >= 0.6 is 0 Å². The highest BCUT2D eigenvalue weighted by Gasteiger charge is 2.25. The summed E-state index contributed by atoms with van der Waals surface area (Å²) < 4.78 is 5.82. The summed E-state index contributed by atoms with van der Waals surface area (Å²) in [6.07, 6.45) is -0.350. The molecule has 0 aliphatic carbocycles. The monoisotopic (exact) mass is 439 g/mol. The second kappa shape index (κ2) is 10.4. The van der Waals surface area contributed by atoms with Gasteiger partial charge in [0.05, 0.1) is 24.9 Å². The number of benzene rings is 2. The van der Waals surface area contributed by atoms with Gasteiger partial charge in [0.2, 0.25) is 0 Å². The van der Waals surface area contributed by atoms with Gasteiger partial charge in [0.1, 0.15) is 0 Å². The Morgan fingerprint density at radius 1 is 1.09 bits per heavy atom. The fourth-order valence-electron chi connectivity index (χ4n) is 4.13. The summed E-state index contributed by atoms with van der Waals surface area (Å²) in [6, 6.07) is 17.2. The van der Waals surface area contributed by atoms with E-state index in [4.69, 9.17) is 4.74 Å². The SMILES string of the molecule is CC1CN(c2ccc(NC(=O)N(CC(O)c3ccccc3)CC(C)(C)C)cc2)CC(C)O1. The molecule has 3 atom stereocenters. The minimum Gasteiger partial charge on any atom is -0.387 e. The first-order valence-electron chi connectivity index (χ1n) is 11.4. The lowest BCUT2D eigenvalue weighted by molar-refractivity contribution is -0.00521. The fourth-order valence-corrected chi connectivity index (χ4v) is 4.13. The van der Waals surface area contributed by atoms with Crippen molar-refractivity contribution in [3.63, 3.8) is 0 Å². The number of carbonyl (C=O) groups excluding carboxylic acids is 1. The highest BCUT2D eigenvalue weighted by Crippen LogP contribution is 2.24. The van der Waals surface area contributed by atoms with Gasteiger partial charge in [0.25, 0.3) is 0 Å². The number of amides is 2. The van der Waals surface area contributed by atoms with Gasteiger partial charge in [0.15, 0.2) is 0 Å². The number of hydrogen-bond acceptors (Lipinski definition) is 4. The number of urea groups is 1. The van der Waals surface area contributed by atoms with Crippen molar-refractivity contribution in [1.82, 2.24) is 4.90 Å². The number of nitrogens with zero attached hydrogens (tertiary/aromatic N) is 2. The lowest BCUT2D eigenvalue weighted by atomic mass is 9.95. The van der Waals surface area contributed by atoms with Crippen molar-refractivity contribution in [2.45, 2.75) is 52.9 Å². The Morgan fingerprint density at radius 2 is 1.69 bits per heavy atom. The van der Waals surface area contributed by atoms with E-state index < -0.39 is 6.10 Å². The molecule has 0 saturated carbocycles. The van der Waals surface area contributed by atoms with Crippen molar-refractivity contribution in [1.29, 1.82) is 0 Å². The van der Waals surface area contributed by atoms with Crippen LogP contribution in [0.5, 0.6) is 0 Å². The van der Waals surface area contributed by atoms with Crippen molar-refractivity contribution >= 4 is 17.4 Å². The number of morpholine rings is 1. The molecule has 3 unspecified atom stereocenters. The van der Waals surface area contributed by atoms with Crippen LogP contribution in [-0.2, 0) is 4.74 Å². The van der Waals surface area contributed by atoms with Crippen LogP contribution in [0.1, 0.15) is 46.3 Å². The number of aliphatic hydroxyl groups excluding tert-OH is 1. The van der Waals surface area contributed by atoms with Gasteiger partial charge >= 0.3 is 6.03 Å². The van der Waals surface area contributed by atoms with Gasteiger partial charge in [-0.05, 0) is 49.1 Å². The molecule has 2 aromatic carbocycles. The summed E-state index contributed by atoms with van der Waals surface area (Å²) in [7, 11) is 0. The van der Waals surface area contributed by atoms with Gasteiger partial charge < -0.3 is 25.0 Å². The summed E-state index contributed by atoms with van der Waals surface area (Å²) in [6.45, 7) is 12.9.